The van der Waals surface area contributed by atoms with E-state index in [0.717, 1.165) is 11.3 Å². The molecule has 3 nitrogen and oxygen atoms in total. The van der Waals surface area contributed by atoms with Gasteiger partial charge in [0.15, 0.2) is 0 Å². The van der Waals surface area contributed by atoms with Gasteiger partial charge >= 0.3 is 0 Å². The van der Waals surface area contributed by atoms with E-state index in [2.05, 4.69) is 5.16 Å². The van der Waals surface area contributed by atoms with E-state index < -0.39 is 12.3 Å². The average molecular weight is 235 g/mol. The van der Waals surface area contributed by atoms with Gasteiger partial charge in [-0.25, -0.2) is 4.39 Å². The molecular weight excluding hydrogens is 221 g/mol. The second kappa shape index (κ2) is 4.45. The first-order valence-electron chi connectivity index (χ1n) is 5.84. The normalized spacial score (nSPS) is 30.9. The minimum atomic E-state index is -0.952. The molecule has 0 bridgehead atoms. The molecule has 1 fully saturated rings. The van der Waals surface area contributed by atoms with Gasteiger partial charge in [-0.3, -0.25) is 0 Å². The molecule has 1 aliphatic heterocycles. The Hall–Kier alpha value is -1.42. The van der Waals surface area contributed by atoms with Crippen molar-refractivity contribution in [1.82, 2.24) is 0 Å². The highest BCUT2D eigenvalue weighted by atomic mass is 19.1. The molecule has 0 amide bonds. The van der Waals surface area contributed by atoms with Gasteiger partial charge in [-0.05, 0) is 12.0 Å². The zero-order chi connectivity index (χ0) is 11.7. The molecule has 1 aliphatic carbocycles. The molecule has 90 valence electrons. The van der Waals surface area contributed by atoms with E-state index in [4.69, 9.17) is 9.57 Å². The lowest BCUT2D eigenvalue weighted by molar-refractivity contribution is 0.0323. The molecule has 0 N–H and O–H groups in total. The van der Waals surface area contributed by atoms with Crippen LogP contribution in [0, 0.1) is 5.92 Å². The summed E-state index contributed by atoms with van der Waals surface area (Å²) in [6, 6.07) is 9.76. The minimum absolute atomic E-state index is 0.116. The molecular formula is C13H14FNO2. The van der Waals surface area contributed by atoms with Crippen LogP contribution < -0.4 is 0 Å². The van der Waals surface area contributed by atoms with Gasteiger partial charge in [0.2, 0.25) is 0 Å². The van der Waals surface area contributed by atoms with Crippen LogP contribution in [0.15, 0.2) is 35.5 Å². The molecule has 0 aromatic heterocycles. The summed E-state index contributed by atoms with van der Waals surface area (Å²) in [4.78, 5) is 4.98. The highest BCUT2D eigenvalue weighted by molar-refractivity contribution is 5.94. The third-order valence-corrected chi connectivity index (χ3v) is 3.27. The first-order chi connectivity index (χ1) is 8.34. The Labute approximate surface area is 99.2 Å². The van der Waals surface area contributed by atoms with Gasteiger partial charge in [-0.1, -0.05) is 35.5 Å². The fourth-order valence-corrected chi connectivity index (χ4v) is 2.37. The van der Waals surface area contributed by atoms with Crippen molar-refractivity contribution in [1.29, 1.82) is 0 Å². The highest BCUT2D eigenvalue weighted by Crippen LogP contribution is 2.32. The predicted molar refractivity (Wildman–Crippen MR) is 61.4 cm³/mol. The molecule has 1 aromatic rings. The smallest absolute Gasteiger partial charge is 0.132 e. The molecule has 2 aliphatic rings. The Morgan fingerprint density at radius 1 is 1.35 bits per heavy atom. The number of halogens is 1. The van der Waals surface area contributed by atoms with E-state index in [0.29, 0.717) is 19.6 Å². The molecule has 1 saturated carbocycles. The summed E-state index contributed by atoms with van der Waals surface area (Å²) in [5.74, 6) is 0.116. The van der Waals surface area contributed by atoms with Gasteiger partial charge in [0, 0.05) is 5.92 Å². The fourth-order valence-electron chi connectivity index (χ4n) is 2.37. The second-order valence-electron chi connectivity index (χ2n) is 4.48. The second-order valence-corrected chi connectivity index (χ2v) is 4.48. The molecule has 0 radical (unpaired) electrons. The SMILES string of the molecule is F[C@H]1C[C@@H]2CON=C2[C@H]1OCc1ccccc1. The van der Waals surface area contributed by atoms with E-state index in [9.17, 15) is 4.39 Å². The number of hydrogen-bond donors (Lipinski definition) is 0. The largest absolute Gasteiger partial charge is 0.395 e. The third kappa shape index (κ3) is 2.05. The number of fused-ring (bicyclic) bond motifs is 1. The molecule has 3 rings (SSSR count). The van der Waals surface area contributed by atoms with Crippen molar-refractivity contribution in [3.05, 3.63) is 35.9 Å². The average Bonchev–Trinajstić information content (AvgIpc) is 2.89. The van der Waals surface area contributed by atoms with E-state index in [1.807, 2.05) is 30.3 Å². The summed E-state index contributed by atoms with van der Waals surface area (Å²) in [7, 11) is 0. The Morgan fingerprint density at radius 2 is 2.18 bits per heavy atom. The van der Waals surface area contributed by atoms with Crippen molar-refractivity contribution in [3.63, 3.8) is 0 Å². The number of alkyl halides is 1. The van der Waals surface area contributed by atoms with Gasteiger partial charge in [-0.15, -0.1) is 0 Å². The first-order valence-corrected chi connectivity index (χ1v) is 5.84. The number of ether oxygens (including phenoxy) is 1. The van der Waals surface area contributed by atoms with Crippen molar-refractivity contribution in [2.45, 2.75) is 25.3 Å². The van der Waals surface area contributed by atoms with Crippen LogP contribution >= 0.6 is 0 Å². The molecule has 0 saturated heterocycles. The Balaban J connectivity index is 1.65. The number of benzene rings is 1. The number of rotatable bonds is 3. The van der Waals surface area contributed by atoms with E-state index in [1.54, 1.807) is 0 Å². The van der Waals surface area contributed by atoms with Crippen LogP contribution in [0.25, 0.3) is 0 Å². The first kappa shape index (κ1) is 10.7. The van der Waals surface area contributed by atoms with Crippen molar-refractivity contribution < 1.29 is 14.0 Å². The molecule has 0 unspecified atom stereocenters. The van der Waals surface area contributed by atoms with Crippen molar-refractivity contribution in [2.24, 2.45) is 11.1 Å². The summed E-state index contributed by atoms with van der Waals surface area (Å²) in [5, 5.41) is 3.89. The van der Waals surface area contributed by atoms with Crippen LogP contribution in [0.5, 0.6) is 0 Å². The predicted octanol–water partition coefficient (Wildman–Crippen LogP) is 2.32. The van der Waals surface area contributed by atoms with Gasteiger partial charge in [0.05, 0.1) is 12.3 Å². The molecule has 0 spiro atoms. The highest BCUT2D eigenvalue weighted by Gasteiger charge is 2.44. The molecule has 1 aromatic carbocycles. The van der Waals surface area contributed by atoms with Crippen LogP contribution in [-0.2, 0) is 16.2 Å². The zero-order valence-electron chi connectivity index (χ0n) is 9.38. The monoisotopic (exact) mass is 235 g/mol. The third-order valence-electron chi connectivity index (χ3n) is 3.27. The maximum Gasteiger partial charge on any atom is 0.132 e. The molecule has 3 atom stereocenters. The summed E-state index contributed by atoms with van der Waals surface area (Å²) in [6.45, 7) is 0.915. The Kier molecular flexibility index (Phi) is 2.81. The summed E-state index contributed by atoms with van der Waals surface area (Å²) in [5.41, 5.74) is 1.79. The molecule has 1 heterocycles. The lowest BCUT2D eigenvalue weighted by Crippen LogP contribution is -2.26. The van der Waals surface area contributed by atoms with Crippen LogP contribution in [0.4, 0.5) is 4.39 Å². The van der Waals surface area contributed by atoms with Gasteiger partial charge in [-0.2, -0.15) is 0 Å². The van der Waals surface area contributed by atoms with Gasteiger partial charge < -0.3 is 9.57 Å². The Bertz CT molecular complexity index is 421. The summed E-state index contributed by atoms with van der Waals surface area (Å²) in [6.07, 6.45) is -1.01. The Morgan fingerprint density at radius 3 is 3.00 bits per heavy atom. The summed E-state index contributed by atoms with van der Waals surface area (Å²) >= 11 is 0. The van der Waals surface area contributed by atoms with E-state index in [-0.39, 0.29) is 5.92 Å². The number of hydrogen-bond acceptors (Lipinski definition) is 3. The maximum absolute atomic E-state index is 13.8. The fraction of sp³-hybridized carbons (Fsp3) is 0.462. The summed E-state index contributed by atoms with van der Waals surface area (Å²) < 4.78 is 19.4. The molecule has 4 heteroatoms. The number of oxime groups is 1. The molecule has 17 heavy (non-hydrogen) atoms. The van der Waals surface area contributed by atoms with E-state index >= 15 is 0 Å². The standard InChI is InChI=1S/C13H14FNO2/c14-11-6-10-8-17-15-12(10)13(11)16-7-9-4-2-1-3-5-9/h1-5,10-11,13H,6-8H2/t10-,11+,13+/m1/s1. The van der Waals surface area contributed by atoms with Crippen molar-refractivity contribution in [2.75, 3.05) is 6.61 Å². The lowest BCUT2D eigenvalue weighted by atomic mass is 10.1. The van der Waals surface area contributed by atoms with Crippen molar-refractivity contribution >= 4 is 5.71 Å². The van der Waals surface area contributed by atoms with Crippen LogP contribution in [0.2, 0.25) is 0 Å². The lowest BCUT2D eigenvalue weighted by Gasteiger charge is -2.14. The van der Waals surface area contributed by atoms with Crippen LogP contribution in [0.3, 0.4) is 0 Å². The van der Waals surface area contributed by atoms with Crippen molar-refractivity contribution in [3.8, 4) is 0 Å². The van der Waals surface area contributed by atoms with Gasteiger partial charge in [0.25, 0.3) is 0 Å². The van der Waals surface area contributed by atoms with Crippen LogP contribution in [-0.4, -0.2) is 24.6 Å². The number of nitrogens with zero attached hydrogens (tertiary/aromatic N) is 1. The minimum Gasteiger partial charge on any atom is -0.395 e. The topological polar surface area (TPSA) is 30.8 Å². The quantitative estimate of drug-likeness (QED) is 0.805. The maximum atomic E-state index is 13.8. The van der Waals surface area contributed by atoms with Gasteiger partial charge in [0.1, 0.15) is 18.9 Å². The zero-order valence-corrected chi connectivity index (χ0v) is 9.38. The van der Waals surface area contributed by atoms with E-state index in [1.165, 1.54) is 0 Å². The van der Waals surface area contributed by atoms with Crippen LogP contribution in [0.1, 0.15) is 12.0 Å².